The fourth-order valence-electron chi connectivity index (χ4n) is 7.13. The van der Waals surface area contributed by atoms with Gasteiger partial charge >= 0.3 is 0 Å². The average Bonchev–Trinajstić information content (AvgIpc) is 3.20. The van der Waals surface area contributed by atoms with Gasteiger partial charge in [0.1, 0.15) is 5.75 Å². The second-order valence-electron chi connectivity index (χ2n) is 10.9. The molecule has 0 radical (unpaired) electrons. The number of phenols is 1. The summed E-state index contributed by atoms with van der Waals surface area (Å²) in [4.78, 5) is 5.02. The Labute approximate surface area is 207 Å². The van der Waals surface area contributed by atoms with Crippen LogP contribution in [0.3, 0.4) is 0 Å². The molecule has 6 nitrogen and oxygen atoms in total. The van der Waals surface area contributed by atoms with Crippen LogP contribution in [0.2, 0.25) is 0 Å². The van der Waals surface area contributed by atoms with Crippen LogP contribution in [0, 0.1) is 6.92 Å². The van der Waals surface area contributed by atoms with Crippen molar-refractivity contribution >= 4 is 0 Å². The summed E-state index contributed by atoms with van der Waals surface area (Å²) in [5.41, 5.74) is 3.80. The summed E-state index contributed by atoms with van der Waals surface area (Å²) in [7, 11) is 0. The van der Waals surface area contributed by atoms with Crippen molar-refractivity contribution in [1.82, 2.24) is 19.6 Å². The molecule has 3 heterocycles. The van der Waals surface area contributed by atoms with Crippen LogP contribution >= 0.6 is 0 Å². The SMILES string of the molecule is Cc1cnn(CCN2CC[C@]34CCN(Cc5ccccc5)[C@H](Cc5ccc(O)cc53)[C@]4(O)CC2)c1. The largest absolute Gasteiger partial charge is 0.508 e. The van der Waals surface area contributed by atoms with Gasteiger partial charge in [-0.3, -0.25) is 9.58 Å². The van der Waals surface area contributed by atoms with E-state index in [1.165, 1.54) is 22.3 Å². The van der Waals surface area contributed by atoms with Crippen LogP contribution in [0.1, 0.15) is 41.5 Å². The molecule has 1 aliphatic carbocycles. The minimum atomic E-state index is -0.822. The molecule has 6 rings (SSSR count). The number of nitrogens with zero attached hydrogens (tertiary/aromatic N) is 4. The molecule has 1 aromatic heterocycles. The standard InChI is InChI=1S/C29H36N4O2/c1-22-19-30-33(20-22)16-15-31-12-9-28-10-14-32(21-23-5-3-2-4-6-23)27(29(28,35)11-13-31)17-24-7-8-25(34)18-26(24)28/h2-8,18-20,27,34-35H,9-17,21H2,1H3/t27-,28+,29-/m1/s1. The van der Waals surface area contributed by atoms with E-state index in [1.807, 2.05) is 23.0 Å². The van der Waals surface area contributed by atoms with Crippen LogP contribution < -0.4 is 0 Å². The summed E-state index contributed by atoms with van der Waals surface area (Å²) in [6.07, 6.45) is 7.40. The molecular weight excluding hydrogens is 436 g/mol. The number of hydrogen-bond acceptors (Lipinski definition) is 5. The molecule has 0 unspecified atom stereocenters. The van der Waals surface area contributed by atoms with E-state index in [2.05, 4.69) is 64.4 Å². The molecular formula is C29H36N4O2. The van der Waals surface area contributed by atoms with Crippen LogP contribution in [0.4, 0.5) is 0 Å². The molecule has 2 aliphatic heterocycles. The zero-order valence-electron chi connectivity index (χ0n) is 20.6. The van der Waals surface area contributed by atoms with Gasteiger partial charge in [-0.25, -0.2) is 0 Å². The second kappa shape index (κ2) is 8.77. The summed E-state index contributed by atoms with van der Waals surface area (Å²) in [6, 6.07) is 16.6. The molecule has 2 bridgehead atoms. The van der Waals surface area contributed by atoms with E-state index in [-0.39, 0.29) is 11.5 Å². The topological polar surface area (TPSA) is 64.8 Å². The maximum absolute atomic E-state index is 12.7. The van der Waals surface area contributed by atoms with Crippen molar-refractivity contribution in [3.05, 3.63) is 83.2 Å². The van der Waals surface area contributed by atoms with Gasteiger partial charge < -0.3 is 15.1 Å². The normalized spacial score (nSPS) is 28.8. The number of likely N-dealkylation sites (tertiary alicyclic amines) is 2. The third-order valence-electron chi connectivity index (χ3n) is 8.97. The van der Waals surface area contributed by atoms with Crippen molar-refractivity contribution in [2.45, 2.75) is 62.8 Å². The Morgan fingerprint density at radius 1 is 1.00 bits per heavy atom. The predicted molar refractivity (Wildman–Crippen MR) is 136 cm³/mol. The number of aromatic nitrogens is 2. The lowest BCUT2D eigenvalue weighted by Crippen LogP contribution is -2.71. The highest BCUT2D eigenvalue weighted by Gasteiger charge is 2.62. The van der Waals surface area contributed by atoms with Gasteiger partial charge in [-0.15, -0.1) is 0 Å². The number of aliphatic hydroxyl groups is 1. The summed E-state index contributed by atoms with van der Waals surface area (Å²) in [5.74, 6) is 0.306. The fraction of sp³-hybridized carbons (Fsp3) is 0.483. The molecule has 2 fully saturated rings. The second-order valence-corrected chi connectivity index (χ2v) is 10.9. The lowest BCUT2D eigenvalue weighted by molar-refractivity contribution is -0.150. The molecule has 0 amide bonds. The summed E-state index contributed by atoms with van der Waals surface area (Å²) >= 11 is 0. The number of hydrogen-bond donors (Lipinski definition) is 2. The van der Waals surface area contributed by atoms with E-state index in [0.717, 1.165) is 65.0 Å². The Morgan fingerprint density at radius 2 is 1.80 bits per heavy atom. The summed E-state index contributed by atoms with van der Waals surface area (Å²) in [6.45, 7) is 7.51. The van der Waals surface area contributed by atoms with E-state index in [1.54, 1.807) is 0 Å². The van der Waals surface area contributed by atoms with Crippen LogP contribution in [-0.2, 0) is 24.9 Å². The minimum absolute atomic E-state index is 0.0715. The molecule has 35 heavy (non-hydrogen) atoms. The number of aryl methyl sites for hydroxylation is 1. The lowest BCUT2D eigenvalue weighted by atomic mass is 9.52. The van der Waals surface area contributed by atoms with Crippen molar-refractivity contribution in [1.29, 1.82) is 0 Å². The van der Waals surface area contributed by atoms with Gasteiger partial charge in [0.15, 0.2) is 0 Å². The first-order valence-corrected chi connectivity index (χ1v) is 13.0. The van der Waals surface area contributed by atoms with Gasteiger partial charge in [-0.05, 0) is 80.1 Å². The van der Waals surface area contributed by atoms with Crippen molar-refractivity contribution in [2.24, 2.45) is 0 Å². The van der Waals surface area contributed by atoms with Crippen LogP contribution in [0.25, 0.3) is 0 Å². The maximum atomic E-state index is 12.7. The van der Waals surface area contributed by atoms with Gasteiger partial charge in [-0.2, -0.15) is 5.10 Å². The molecule has 2 N–H and O–H groups in total. The fourth-order valence-corrected chi connectivity index (χ4v) is 7.13. The van der Waals surface area contributed by atoms with Crippen molar-refractivity contribution < 1.29 is 10.2 Å². The zero-order chi connectivity index (χ0) is 24.0. The smallest absolute Gasteiger partial charge is 0.115 e. The summed E-state index contributed by atoms with van der Waals surface area (Å²) in [5, 5.41) is 27.5. The third-order valence-corrected chi connectivity index (χ3v) is 8.97. The number of phenolic OH excluding ortho intramolecular Hbond substituents is 1. The van der Waals surface area contributed by atoms with Crippen LogP contribution in [0.15, 0.2) is 60.9 Å². The third kappa shape index (κ3) is 3.88. The van der Waals surface area contributed by atoms with E-state index >= 15 is 0 Å². The molecule has 3 aliphatic rings. The Morgan fingerprint density at radius 3 is 2.60 bits per heavy atom. The summed E-state index contributed by atoms with van der Waals surface area (Å²) < 4.78 is 2.02. The Hall–Kier alpha value is -2.67. The van der Waals surface area contributed by atoms with Crippen molar-refractivity contribution in [3.63, 3.8) is 0 Å². The molecule has 6 heteroatoms. The monoisotopic (exact) mass is 472 g/mol. The Balaban J connectivity index is 1.32. The predicted octanol–water partition coefficient (Wildman–Crippen LogP) is 3.49. The number of rotatable bonds is 5. The molecule has 2 saturated heterocycles. The van der Waals surface area contributed by atoms with E-state index in [0.29, 0.717) is 5.75 Å². The van der Waals surface area contributed by atoms with E-state index < -0.39 is 5.60 Å². The molecule has 184 valence electrons. The van der Waals surface area contributed by atoms with Crippen LogP contribution in [-0.4, -0.2) is 67.6 Å². The highest BCUT2D eigenvalue weighted by Crippen LogP contribution is 2.56. The van der Waals surface area contributed by atoms with Gasteiger partial charge in [0.2, 0.25) is 0 Å². The van der Waals surface area contributed by atoms with Crippen LogP contribution in [0.5, 0.6) is 5.75 Å². The first-order valence-electron chi connectivity index (χ1n) is 13.0. The quantitative estimate of drug-likeness (QED) is 0.595. The lowest BCUT2D eigenvalue weighted by Gasteiger charge is -2.61. The number of fused-ring (bicyclic) bond motifs is 1. The number of benzene rings is 2. The zero-order valence-corrected chi connectivity index (χ0v) is 20.6. The Kier molecular flexibility index (Phi) is 5.71. The number of piperidine rings is 1. The highest BCUT2D eigenvalue weighted by molar-refractivity contribution is 5.48. The first-order chi connectivity index (χ1) is 17.0. The molecule has 3 atom stereocenters. The van der Waals surface area contributed by atoms with Crippen molar-refractivity contribution in [2.75, 3.05) is 26.2 Å². The highest BCUT2D eigenvalue weighted by atomic mass is 16.3. The van der Waals surface area contributed by atoms with E-state index in [9.17, 15) is 10.2 Å². The maximum Gasteiger partial charge on any atom is 0.115 e. The molecule has 0 saturated carbocycles. The van der Waals surface area contributed by atoms with Gasteiger partial charge in [0.25, 0.3) is 0 Å². The minimum Gasteiger partial charge on any atom is -0.508 e. The first kappa shape index (κ1) is 22.8. The number of aromatic hydroxyl groups is 1. The average molecular weight is 473 g/mol. The molecule has 2 aromatic carbocycles. The van der Waals surface area contributed by atoms with Crippen molar-refractivity contribution in [3.8, 4) is 5.75 Å². The molecule has 3 aromatic rings. The molecule has 0 spiro atoms. The van der Waals surface area contributed by atoms with Gasteiger partial charge in [0, 0.05) is 37.3 Å². The Bertz CT molecular complexity index is 1190. The van der Waals surface area contributed by atoms with E-state index in [4.69, 9.17) is 0 Å². The van der Waals surface area contributed by atoms with Gasteiger partial charge in [0.05, 0.1) is 18.3 Å². The van der Waals surface area contributed by atoms with Gasteiger partial charge in [-0.1, -0.05) is 36.4 Å².